The van der Waals surface area contributed by atoms with Gasteiger partial charge in [0.2, 0.25) is 0 Å². The van der Waals surface area contributed by atoms with Crippen LogP contribution in [0.5, 0.6) is 0 Å². The SMILES string of the molecule is O=C(O)CC1(NCc2ccco2)CCCCC1. The molecule has 2 rings (SSSR count). The van der Waals surface area contributed by atoms with Gasteiger partial charge in [-0.05, 0) is 25.0 Å². The first-order chi connectivity index (χ1) is 8.20. The van der Waals surface area contributed by atoms with E-state index in [0.717, 1.165) is 31.4 Å². The van der Waals surface area contributed by atoms with Crippen molar-refractivity contribution in [2.24, 2.45) is 0 Å². The summed E-state index contributed by atoms with van der Waals surface area (Å²) >= 11 is 0. The Bertz CT molecular complexity index is 353. The molecule has 1 saturated carbocycles. The zero-order valence-electron chi connectivity index (χ0n) is 9.95. The molecule has 1 heterocycles. The van der Waals surface area contributed by atoms with E-state index in [0.29, 0.717) is 6.54 Å². The molecule has 0 amide bonds. The Labute approximate surface area is 101 Å². The predicted octanol–water partition coefficient (Wildman–Crippen LogP) is 2.55. The molecule has 1 aliphatic rings. The lowest BCUT2D eigenvalue weighted by Crippen LogP contribution is -2.47. The van der Waals surface area contributed by atoms with E-state index in [1.165, 1.54) is 6.42 Å². The van der Waals surface area contributed by atoms with Gasteiger partial charge in [-0.25, -0.2) is 0 Å². The lowest BCUT2D eigenvalue weighted by molar-refractivity contribution is -0.139. The normalized spacial score (nSPS) is 19.1. The molecular weight excluding hydrogens is 218 g/mol. The Morgan fingerprint density at radius 3 is 2.76 bits per heavy atom. The van der Waals surface area contributed by atoms with Crippen LogP contribution in [-0.4, -0.2) is 16.6 Å². The molecule has 4 heteroatoms. The summed E-state index contributed by atoms with van der Waals surface area (Å²) in [5.41, 5.74) is -0.239. The van der Waals surface area contributed by atoms with Crippen molar-refractivity contribution in [1.82, 2.24) is 5.32 Å². The van der Waals surface area contributed by atoms with Gasteiger partial charge in [0.05, 0.1) is 19.2 Å². The fourth-order valence-corrected chi connectivity index (χ4v) is 2.62. The Morgan fingerprint density at radius 2 is 2.18 bits per heavy atom. The summed E-state index contributed by atoms with van der Waals surface area (Å²) in [6.07, 6.45) is 7.16. The van der Waals surface area contributed by atoms with Gasteiger partial charge in [0.15, 0.2) is 0 Å². The molecule has 94 valence electrons. The predicted molar refractivity (Wildman–Crippen MR) is 63.6 cm³/mol. The fourth-order valence-electron chi connectivity index (χ4n) is 2.62. The van der Waals surface area contributed by atoms with Gasteiger partial charge in [0, 0.05) is 5.54 Å². The second-order valence-corrected chi connectivity index (χ2v) is 4.84. The summed E-state index contributed by atoms with van der Waals surface area (Å²) < 4.78 is 5.26. The Balaban J connectivity index is 1.97. The number of carbonyl (C=O) groups is 1. The lowest BCUT2D eigenvalue weighted by Gasteiger charge is -2.37. The second-order valence-electron chi connectivity index (χ2n) is 4.84. The van der Waals surface area contributed by atoms with Crippen LogP contribution in [0.15, 0.2) is 22.8 Å². The number of rotatable bonds is 5. The molecule has 17 heavy (non-hydrogen) atoms. The maximum atomic E-state index is 11.0. The third-order valence-corrected chi connectivity index (χ3v) is 3.52. The highest BCUT2D eigenvalue weighted by molar-refractivity contribution is 5.68. The number of aliphatic carboxylic acids is 1. The zero-order valence-corrected chi connectivity index (χ0v) is 9.95. The summed E-state index contributed by atoms with van der Waals surface area (Å²) in [7, 11) is 0. The van der Waals surface area contributed by atoms with Gasteiger partial charge in [0.25, 0.3) is 0 Å². The summed E-state index contributed by atoms with van der Waals surface area (Å²) in [6.45, 7) is 0.611. The van der Waals surface area contributed by atoms with Crippen molar-refractivity contribution in [3.63, 3.8) is 0 Å². The number of hydrogen-bond donors (Lipinski definition) is 2. The van der Waals surface area contributed by atoms with Crippen molar-refractivity contribution in [1.29, 1.82) is 0 Å². The first-order valence-corrected chi connectivity index (χ1v) is 6.19. The Morgan fingerprint density at radius 1 is 1.41 bits per heavy atom. The summed E-state index contributed by atoms with van der Waals surface area (Å²) in [4.78, 5) is 11.0. The summed E-state index contributed by atoms with van der Waals surface area (Å²) in [6, 6.07) is 3.76. The van der Waals surface area contributed by atoms with Crippen LogP contribution in [0.25, 0.3) is 0 Å². The van der Waals surface area contributed by atoms with E-state index in [2.05, 4.69) is 5.32 Å². The molecule has 0 unspecified atom stereocenters. The number of carboxylic acid groups (broad SMARTS) is 1. The molecule has 4 nitrogen and oxygen atoms in total. The molecule has 0 spiro atoms. The average molecular weight is 237 g/mol. The first kappa shape index (κ1) is 12.2. The van der Waals surface area contributed by atoms with Gasteiger partial charge < -0.3 is 14.8 Å². The van der Waals surface area contributed by atoms with Crippen molar-refractivity contribution >= 4 is 5.97 Å². The standard InChI is InChI=1S/C13H19NO3/c15-12(16)9-13(6-2-1-3-7-13)14-10-11-5-4-8-17-11/h4-5,8,14H,1-3,6-7,9-10H2,(H,15,16). The lowest BCUT2D eigenvalue weighted by atomic mass is 9.79. The van der Waals surface area contributed by atoms with E-state index in [1.54, 1.807) is 6.26 Å². The van der Waals surface area contributed by atoms with Crippen LogP contribution < -0.4 is 5.32 Å². The highest BCUT2D eigenvalue weighted by Crippen LogP contribution is 2.31. The average Bonchev–Trinajstić information content (AvgIpc) is 2.80. The smallest absolute Gasteiger partial charge is 0.305 e. The number of nitrogens with one attached hydrogen (secondary N) is 1. The van der Waals surface area contributed by atoms with Crippen molar-refractivity contribution in [2.75, 3.05) is 0 Å². The van der Waals surface area contributed by atoms with Gasteiger partial charge in [-0.15, -0.1) is 0 Å². The zero-order chi connectivity index (χ0) is 12.1. The van der Waals surface area contributed by atoms with Crippen molar-refractivity contribution < 1.29 is 14.3 Å². The fraction of sp³-hybridized carbons (Fsp3) is 0.615. The molecule has 0 saturated heterocycles. The van der Waals surface area contributed by atoms with Crippen LogP contribution in [-0.2, 0) is 11.3 Å². The molecule has 1 aromatic heterocycles. The van der Waals surface area contributed by atoms with Crippen LogP contribution in [0.2, 0.25) is 0 Å². The van der Waals surface area contributed by atoms with Crippen LogP contribution in [0.1, 0.15) is 44.3 Å². The minimum absolute atomic E-state index is 0.202. The van der Waals surface area contributed by atoms with Gasteiger partial charge in [0.1, 0.15) is 5.76 Å². The Hall–Kier alpha value is -1.29. The van der Waals surface area contributed by atoms with Gasteiger partial charge in [-0.1, -0.05) is 19.3 Å². The molecule has 1 aromatic rings. The monoisotopic (exact) mass is 237 g/mol. The molecule has 0 bridgehead atoms. The minimum Gasteiger partial charge on any atom is -0.481 e. The number of hydrogen-bond acceptors (Lipinski definition) is 3. The van der Waals surface area contributed by atoms with Crippen molar-refractivity contribution in [3.05, 3.63) is 24.2 Å². The molecule has 0 aromatic carbocycles. The maximum absolute atomic E-state index is 11.0. The summed E-state index contributed by atoms with van der Waals surface area (Å²) in [5, 5.41) is 12.4. The third kappa shape index (κ3) is 3.33. The van der Waals surface area contributed by atoms with E-state index < -0.39 is 5.97 Å². The topological polar surface area (TPSA) is 62.5 Å². The minimum atomic E-state index is -0.723. The Kier molecular flexibility index (Phi) is 3.84. The van der Waals surface area contributed by atoms with Crippen LogP contribution in [0.4, 0.5) is 0 Å². The second kappa shape index (κ2) is 5.36. The molecule has 0 atom stereocenters. The van der Waals surface area contributed by atoms with E-state index in [1.807, 2.05) is 12.1 Å². The van der Waals surface area contributed by atoms with Crippen LogP contribution in [0.3, 0.4) is 0 Å². The van der Waals surface area contributed by atoms with Crippen LogP contribution in [0, 0.1) is 0 Å². The molecule has 2 N–H and O–H groups in total. The van der Waals surface area contributed by atoms with Gasteiger partial charge in [-0.3, -0.25) is 4.79 Å². The maximum Gasteiger partial charge on any atom is 0.305 e. The molecule has 0 aliphatic heterocycles. The first-order valence-electron chi connectivity index (χ1n) is 6.19. The van der Waals surface area contributed by atoms with E-state index in [9.17, 15) is 4.79 Å². The van der Waals surface area contributed by atoms with Gasteiger partial charge >= 0.3 is 5.97 Å². The number of furan rings is 1. The van der Waals surface area contributed by atoms with Gasteiger partial charge in [-0.2, -0.15) is 0 Å². The molecule has 1 fully saturated rings. The van der Waals surface area contributed by atoms with Crippen molar-refractivity contribution in [3.8, 4) is 0 Å². The highest BCUT2D eigenvalue weighted by atomic mass is 16.4. The van der Waals surface area contributed by atoms with Crippen LogP contribution >= 0.6 is 0 Å². The largest absolute Gasteiger partial charge is 0.481 e. The number of carboxylic acids is 1. The summed E-state index contributed by atoms with van der Waals surface area (Å²) in [5.74, 6) is 0.138. The van der Waals surface area contributed by atoms with E-state index in [4.69, 9.17) is 9.52 Å². The molecule has 1 aliphatic carbocycles. The highest BCUT2D eigenvalue weighted by Gasteiger charge is 2.33. The molecular formula is C13H19NO3. The van der Waals surface area contributed by atoms with E-state index >= 15 is 0 Å². The third-order valence-electron chi connectivity index (χ3n) is 3.52. The van der Waals surface area contributed by atoms with E-state index in [-0.39, 0.29) is 12.0 Å². The molecule has 0 radical (unpaired) electrons. The quantitative estimate of drug-likeness (QED) is 0.826. The van der Waals surface area contributed by atoms with Crippen molar-refractivity contribution in [2.45, 2.75) is 50.6 Å².